The molecule has 0 radical (unpaired) electrons. The summed E-state index contributed by atoms with van der Waals surface area (Å²) in [4.78, 5) is 0. The lowest BCUT2D eigenvalue weighted by atomic mass is 11.8. The van der Waals surface area contributed by atoms with Crippen molar-refractivity contribution in [3.8, 4) is 0 Å². The van der Waals surface area contributed by atoms with E-state index in [9.17, 15) is 0 Å². The average molecular weight is 347 g/mol. The Bertz CT molecular complexity index is 194. The fourth-order valence-corrected chi connectivity index (χ4v) is 13.1. The predicted octanol–water partition coefficient (Wildman–Crippen LogP) is -1.27. The number of hydrogen-bond acceptors (Lipinski definition) is 5. The minimum absolute atomic E-state index is 0.633. The Kier molecular flexibility index (Phi) is 8.13. The van der Waals surface area contributed by atoms with Gasteiger partial charge in [-0.3, -0.25) is 0 Å². The first-order chi connectivity index (χ1) is 7.57. The van der Waals surface area contributed by atoms with Gasteiger partial charge in [0.15, 0.2) is 16.6 Å². The maximum Gasteiger partial charge on any atom is 0.455 e. The molecule has 0 aromatic heterocycles. The average Bonchev–Trinajstić information content (AvgIpc) is 2.11. The van der Waals surface area contributed by atoms with Gasteiger partial charge in [-0.1, -0.05) is 0 Å². The third-order valence-electron chi connectivity index (χ3n) is 1.51. The molecule has 104 valence electrons. The summed E-state index contributed by atoms with van der Waals surface area (Å²) in [5, 5.41) is 0. The Morgan fingerprint density at radius 1 is 0.706 bits per heavy atom. The highest BCUT2D eigenvalue weighted by Gasteiger charge is 2.31. The van der Waals surface area contributed by atoms with Crippen LogP contribution in [0.2, 0.25) is 39.3 Å². The van der Waals surface area contributed by atoms with Gasteiger partial charge in [0.25, 0.3) is 0 Å². The van der Waals surface area contributed by atoms with Gasteiger partial charge in [-0.2, -0.15) is 0 Å². The van der Waals surface area contributed by atoms with Gasteiger partial charge in [-0.15, -0.1) is 0 Å². The molecular weight excluding hydrogens is 321 g/mol. The molecule has 0 heterocycles. The first-order valence-corrected chi connectivity index (χ1v) is 16.9. The Hall–Kier alpha value is 1.10. The maximum atomic E-state index is 5.91. The van der Waals surface area contributed by atoms with E-state index >= 15 is 0 Å². The first kappa shape index (κ1) is 18.1. The smallest absolute Gasteiger partial charge is 0.428 e. The standard InChI is InChI=1S/C6H26O5Si6/c1-16(2,3)10-14(7-12)9-15(8-13)11-17(4,5)6/h14-15H,1-6,12-13H3. The molecule has 0 saturated carbocycles. The number of rotatable bonds is 8. The summed E-state index contributed by atoms with van der Waals surface area (Å²) in [6.07, 6.45) is 0. The van der Waals surface area contributed by atoms with Crippen molar-refractivity contribution in [1.29, 1.82) is 0 Å². The van der Waals surface area contributed by atoms with Crippen molar-refractivity contribution < 1.29 is 20.6 Å². The Morgan fingerprint density at radius 3 is 1.18 bits per heavy atom. The van der Waals surface area contributed by atoms with E-state index in [0.717, 1.165) is 0 Å². The van der Waals surface area contributed by atoms with Crippen molar-refractivity contribution in [2.24, 2.45) is 0 Å². The fourth-order valence-electron chi connectivity index (χ4n) is 0.931. The van der Waals surface area contributed by atoms with Crippen LogP contribution >= 0.6 is 0 Å². The van der Waals surface area contributed by atoms with Crippen molar-refractivity contribution in [3.05, 3.63) is 0 Å². The van der Waals surface area contributed by atoms with Crippen LogP contribution in [-0.4, -0.2) is 56.7 Å². The Morgan fingerprint density at radius 2 is 1.00 bits per heavy atom. The molecule has 0 aromatic carbocycles. The SMILES string of the molecule is C[Si](C)(C)O[SiH](O[SiH3])O[SiH](O[SiH3])O[Si](C)(C)C. The van der Waals surface area contributed by atoms with E-state index in [4.69, 9.17) is 20.6 Å². The van der Waals surface area contributed by atoms with E-state index in [-0.39, 0.29) is 0 Å². The van der Waals surface area contributed by atoms with Gasteiger partial charge in [-0.25, -0.2) is 0 Å². The van der Waals surface area contributed by atoms with Gasteiger partial charge in [0.05, 0.1) is 0 Å². The summed E-state index contributed by atoms with van der Waals surface area (Å²) < 4.78 is 28.5. The number of hydrogen-bond donors (Lipinski definition) is 0. The molecule has 0 aliphatic carbocycles. The molecule has 0 aliphatic heterocycles. The first-order valence-electron chi connectivity index (χ1n) is 5.64. The summed E-state index contributed by atoms with van der Waals surface area (Å²) in [6.45, 7) is 12.8. The third kappa shape index (κ3) is 10.7. The van der Waals surface area contributed by atoms with E-state index in [1.807, 2.05) is 0 Å². The highest BCUT2D eigenvalue weighted by atomic mass is 28.5. The van der Waals surface area contributed by atoms with Gasteiger partial charge in [0.2, 0.25) is 0 Å². The van der Waals surface area contributed by atoms with Crippen LogP contribution in [0.25, 0.3) is 0 Å². The lowest BCUT2D eigenvalue weighted by Crippen LogP contribution is -2.47. The minimum atomic E-state index is -2.02. The van der Waals surface area contributed by atoms with Crippen molar-refractivity contribution >= 4 is 56.7 Å². The largest absolute Gasteiger partial charge is 0.455 e. The Balaban J connectivity index is 4.32. The monoisotopic (exact) mass is 346 g/mol. The van der Waals surface area contributed by atoms with Crippen molar-refractivity contribution in [2.45, 2.75) is 39.3 Å². The summed E-state index contributed by atoms with van der Waals surface area (Å²) in [5.74, 6) is 0. The molecule has 2 atom stereocenters. The molecule has 17 heavy (non-hydrogen) atoms. The molecule has 0 rings (SSSR count). The van der Waals surface area contributed by atoms with Crippen LogP contribution in [0.4, 0.5) is 0 Å². The minimum Gasteiger partial charge on any atom is -0.428 e. The predicted molar refractivity (Wildman–Crippen MR) is 86.3 cm³/mol. The molecule has 0 spiro atoms. The van der Waals surface area contributed by atoms with Gasteiger partial charge >= 0.3 is 19.1 Å². The molecule has 11 heteroatoms. The van der Waals surface area contributed by atoms with Crippen molar-refractivity contribution in [3.63, 3.8) is 0 Å². The van der Waals surface area contributed by atoms with Crippen LogP contribution < -0.4 is 0 Å². The van der Waals surface area contributed by atoms with E-state index in [1.165, 1.54) is 0 Å². The zero-order valence-electron chi connectivity index (χ0n) is 12.2. The molecule has 0 N–H and O–H groups in total. The summed E-state index contributed by atoms with van der Waals surface area (Å²) in [5.41, 5.74) is 0. The van der Waals surface area contributed by atoms with E-state index in [2.05, 4.69) is 39.3 Å². The molecule has 0 aliphatic rings. The lowest BCUT2D eigenvalue weighted by molar-refractivity contribution is 0.243. The van der Waals surface area contributed by atoms with Gasteiger partial charge in [0, 0.05) is 0 Å². The molecule has 0 aromatic rings. The third-order valence-corrected chi connectivity index (χ3v) is 13.6. The second-order valence-electron chi connectivity index (χ2n) is 5.65. The summed E-state index contributed by atoms with van der Waals surface area (Å²) in [6, 6.07) is 0. The van der Waals surface area contributed by atoms with Gasteiger partial charge in [-0.05, 0) is 39.3 Å². The van der Waals surface area contributed by atoms with Gasteiger partial charge in [0.1, 0.15) is 21.0 Å². The highest BCUT2D eigenvalue weighted by Crippen LogP contribution is 2.10. The molecule has 0 amide bonds. The molecule has 0 fully saturated rings. The highest BCUT2D eigenvalue weighted by molar-refractivity contribution is 6.78. The van der Waals surface area contributed by atoms with Crippen LogP contribution in [-0.2, 0) is 20.6 Å². The van der Waals surface area contributed by atoms with Crippen LogP contribution in [0, 0.1) is 0 Å². The normalized spacial score (nSPS) is 17.3. The summed E-state index contributed by atoms with van der Waals surface area (Å²) in [7, 11) is -6.00. The van der Waals surface area contributed by atoms with E-state index in [1.54, 1.807) is 0 Å². The molecule has 0 saturated heterocycles. The van der Waals surface area contributed by atoms with Crippen molar-refractivity contribution in [2.75, 3.05) is 0 Å². The summed E-state index contributed by atoms with van der Waals surface area (Å²) >= 11 is 0. The van der Waals surface area contributed by atoms with Crippen LogP contribution in [0.1, 0.15) is 0 Å². The second-order valence-corrected chi connectivity index (χ2v) is 22.0. The lowest BCUT2D eigenvalue weighted by Gasteiger charge is -2.29. The second kappa shape index (κ2) is 7.63. The molecule has 2 unspecified atom stereocenters. The maximum absolute atomic E-state index is 5.91. The topological polar surface area (TPSA) is 46.2 Å². The van der Waals surface area contributed by atoms with Crippen LogP contribution in [0.3, 0.4) is 0 Å². The zero-order chi connectivity index (χ0) is 13.7. The van der Waals surface area contributed by atoms with E-state index in [0.29, 0.717) is 21.0 Å². The van der Waals surface area contributed by atoms with Crippen molar-refractivity contribution in [1.82, 2.24) is 0 Å². The quantitative estimate of drug-likeness (QED) is 0.513. The fraction of sp³-hybridized carbons (Fsp3) is 1.00. The molecule has 5 nitrogen and oxygen atoms in total. The van der Waals surface area contributed by atoms with Crippen LogP contribution in [0.15, 0.2) is 0 Å². The molecule has 0 bridgehead atoms. The van der Waals surface area contributed by atoms with Crippen LogP contribution in [0.5, 0.6) is 0 Å². The Labute approximate surface area is 116 Å². The zero-order valence-corrected chi connectivity index (χ0v) is 20.5. The van der Waals surface area contributed by atoms with E-state index < -0.39 is 35.7 Å². The van der Waals surface area contributed by atoms with Gasteiger partial charge < -0.3 is 20.6 Å². The molecular formula is C6H26O5Si6.